The first-order chi connectivity index (χ1) is 13.3. The fourth-order valence-electron chi connectivity index (χ4n) is 3.99. The summed E-state index contributed by atoms with van der Waals surface area (Å²) in [6.07, 6.45) is 4.95. The van der Waals surface area contributed by atoms with E-state index >= 15 is 0 Å². The van der Waals surface area contributed by atoms with Crippen LogP contribution in [0.2, 0.25) is 0 Å². The Kier molecular flexibility index (Phi) is 7.69. The van der Waals surface area contributed by atoms with Gasteiger partial charge in [0.25, 0.3) is 0 Å². The number of aliphatic hydroxyl groups excluding tert-OH is 1. The summed E-state index contributed by atoms with van der Waals surface area (Å²) in [5.41, 5.74) is 2.49. The lowest BCUT2D eigenvalue weighted by Crippen LogP contribution is -2.38. The van der Waals surface area contributed by atoms with Gasteiger partial charge in [-0.3, -0.25) is 0 Å². The van der Waals surface area contributed by atoms with E-state index in [2.05, 4.69) is 41.7 Å². The average molecular weight is 370 g/mol. The number of hydrogen-bond acceptors (Lipinski definition) is 4. The smallest absolute Gasteiger partial charge is 0.188 e. The Hall–Kier alpha value is -1.88. The minimum absolute atomic E-state index is 0.120. The van der Waals surface area contributed by atoms with Gasteiger partial charge in [0.05, 0.1) is 6.10 Å². The number of ether oxygens (including phenoxy) is 2. The molecule has 0 saturated heterocycles. The van der Waals surface area contributed by atoms with Crippen LogP contribution in [0.25, 0.3) is 0 Å². The second-order valence-electron chi connectivity index (χ2n) is 7.31. The van der Waals surface area contributed by atoms with Crippen molar-refractivity contribution < 1.29 is 14.6 Å². The van der Waals surface area contributed by atoms with Gasteiger partial charge >= 0.3 is 0 Å². The lowest BCUT2D eigenvalue weighted by Gasteiger charge is -2.35. The molecule has 1 fully saturated rings. The maximum absolute atomic E-state index is 10.6. The fourth-order valence-corrected chi connectivity index (χ4v) is 3.99. The third-order valence-electron chi connectivity index (χ3n) is 5.39. The van der Waals surface area contributed by atoms with Crippen LogP contribution in [-0.4, -0.2) is 31.7 Å². The summed E-state index contributed by atoms with van der Waals surface area (Å²) in [6.45, 7) is 1.11. The Bertz CT molecular complexity index is 676. The lowest BCUT2D eigenvalue weighted by atomic mass is 9.79. The molecule has 1 saturated carbocycles. The van der Waals surface area contributed by atoms with Gasteiger partial charge in [0.2, 0.25) is 0 Å². The average Bonchev–Trinajstić information content (AvgIpc) is 2.71. The summed E-state index contributed by atoms with van der Waals surface area (Å²) >= 11 is 0. The molecule has 0 amide bonds. The Morgan fingerprint density at radius 2 is 1.89 bits per heavy atom. The number of benzene rings is 2. The Labute approximate surface area is 162 Å². The van der Waals surface area contributed by atoms with Crippen molar-refractivity contribution in [3.8, 4) is 5.75 Å². The second-order valence-corrected chi connectivity index (χ2v) is 7.31. The van der Waals surface area contributed by atoms with E-state index in [-0.39, 0.29) is 24.9 Å². The first-order valence-corrected chi connectivity index (χ1v) is 9.95. The number of aliphatic hydroxyl groups is 1. The molecule has 2 N–H and O–H groups in total. The number of hydrogen-bond donors (Lipinski definition) is 2. The summed E-state index contributed by atoms with van der Waals surface area (Å²) < 4.78 is 10.6. The quantitative estimate of drug-likeness (QED) is 0.654. The maximum atomic E-state index is 10.6. The van der Waals surface area contributed by atoms with Gasteiger partial charge in [-0.25, -0.2) is 0 Å². The summed E-state index contributed by atoms with van der Waals surface area (Å²) in [5, 5.41) is 14.4. The van der Waals surface area contributed by atoms with E-state index in [4.69, 9.17) is 9.47 Å². The number of methoxy groups -OCH3 is 1. The highest BCUT2D eigenvalue weighted by atomic mass is 16.7. The molecule has 0 heterocycles. The van der Waals surface area contributed by atoms with Gasteiger partial charge in [-0.2, -0.15) is 0 Å². The van der Waals surface area contributed by atoms with Crippen LogP contribution in [0, 0.1) is 5.92 Å². The molecule has 3 atom stereocenters. The SMILES string of the molecule is COCOc1cccc(C(NCCc2ccccc2)[C@H]2CCCC[C@H]2O)c1. The third-order valence-corrected chi connectivity index (χ3v) is 5.39. The minimum atomic E-state index is -0.253. The van der Waals surface area contributed by atoms with Crippen LogP contribution in [0.3, 0.4) is 0 Å². The highest BCUT2D eigenvalue weighted by Crippen LogP contribution is 2.35. The van der Waals surface area contributed by atoms with Crippen LogP contribution in [0.4, 0.5) is 0 Å². The maximum Gasteiger partial charge on any atom is 0.188 e. The highest BCUT2D eigenvalue weighted by Gasteiger charge is 2.31. The minimum Gasteiger partial charge on any atom is -0.468 e. The number of rotatable bonds is 9. The van der Waals surface area contributed by atoms with Crippen molar-refractivity contribution in [2.75, 3.05) is 20.4 Å². The van der Waals surface area contributed by atoms with E-state index in [1.165, 1.54) is 17.5 Å². The Morgan fingerprint density at radius 1 is 1.07 bits per heavy atom. The van der Waals surface area contributed by atoms with E-state index in [0.29, 0.717) is 0 Å². The Balaban J connectivity index is 1.72. The standard InChI is InChI=1S/C23H31NO3/c1-26-17-27-20-11-7-10-19(16-20)23(21-12-5-6-13-22(21)25)24-15-14-18-8-3-2-4-9-18/h2-4,7-11,16,21-25H,5-6,12-15,17H2,1H3/t21-,22+,23?/m0/s1. The van der Waals surface area contributed by atoms with Gasteiger partial charge in [0.1, 0.15) is 5.75 Å². The van der Waals surface area contributed by atoms with Crippen LogP contribution in [0.1, 0.15) is 42.9 Å². The molecule has 4 nitrogen and oxygen atoms in total. The Morgan fingerprint density at radius 3 is 2.67 bits per heavy atom. The van der Waals surface area contributed by atoms with Crippen LogP contribution in [0.5, 0.6) is 5.75 Å². The second kappa shape index (κ2) is 10.5. The predicted octanol–water partition coefficient (Wildman–Crippen LogP) is 4.09. The molecule has 1 aliphatic carbocycles. The molecule has 3 rings (SSSR count). The van der Waals surface area contributed by atoms with Gasteiger partial charge in [-0.15, -0.1) is 0 Å². The van der Waals surface area contributed by atoms with E-state index in [0.717, 1.165) is 38.0 Å². The molecule has 0 aliphatic heterocycles. The molecular weight excluding hydrogens is 338 g/mol. The first-order valence-electron chi connectivity index (χ1n) is 9.95. The zero-order valence-electron chi connectivity index (χ0n) is 16.1. The number of nitrogens with one attached hydrogen (secondary N) is 1. The van der Waals surface area contributed by atoms with Gasteiger partial charge in [-0.1, -0.05) is 55.3 Å². The molecule has 0 bridgehead atoms. The van der Waals surface area contributed by atoms with Crippen LogP contribution in [-0.2, 0) is 11.2 Å². The summed E-state index contributed by atoms with van der Waals surface area (Å²) in [5.74, 6) is 1.03. The molecular formula is C23H31NO3. The van der Waals surface area contributed by atoms with Crippen molar-refractivity contribution >= 4 is 0 Å². The van der Waals surface area contributed by atoms with Crippen molar-refractivity contribution in [2.24, 2.45) is 5.92 Å². The van der Waals surface area contributed by atoms with Crippen LogP contribution < -0.4 is 10.1 Å². The van der Waals surface area contributed by atoms with Gasteiger partial charge in [0.15, 0.2) is 6.79 Å². The van der Waals surface area contributed by atoms with Crippen LogP contribution in [0.15, 0.2) is 54.6 Å². The molecule has 0 aromatic heterocycles. The molecule has 1 aliphatic rings. The highest BCUT2D eigenvalue weighted by molar-refractivity contribution is 5.31. The topological polar surface area (TPSA) is 50.7 Å². The molecule has 4 heteroatoms. The van der Waals surface area contributed by atoms with Crippen molar-refractivity contribution in [1.82, 2.24) is 5.32 Å². The molecule has 0 radical (unpaired) electrons. The van der Waals surface area contributed by atoms with E-state index in [1.54, 1.807) is 7.11 Å². The van der Waals surface area contributed by atoms with Crippen molar-refractivity contribution in [2.45, 2.75) is 44.2 Å². The van der Waals surface area contributed by atoms with E-state index < -0.39 is 0 Å². The fraction of sp³-hybridized carbons (Fsp3) is 0.478. The zero-order chi connectivity index (χ0) is 18.9. The van der Waals surface area contributed by atoms with Gasteiger partial charge in [-0.05, 0) is 49.1 Å². The largest absolute Gasteiger partial charge is 0.468 e. The summed E-state index contributed by atoms with van der Waals surface area (Å²) in [7, 11) is 1.62. The van der Waals surface area contributed by atoms with Crippen molar-refractivity contribution in [3.05, 3.63) is 65.7 Å². The molecule has 2 aromatic rings. The molecule has 0 spiro atoms. The van der Waals surface area contributed by atoms with E-state index in [1.807, 2.05) is 18.2 Å². The summed E-state index contributed by atoms with van der Waals surface area (Å²) in [4.78, 5) is 0. The molecule has 27 heavy (non-hydrogen) atoms. The van der Waals surface area contributed by atoms with Crippen LogP contribution >= 0.6 is 0 Å². The summed E-state index contributed by atoms with van der Waals surface area (Å²) in [6, 6.07) is 18.8. The lowest BCUT2D eigenvalue weighted by molar-refractivity contribution is 0.0462. The first kappa shape index (κ1) is 19.9. The molecule has 146 valence electrons. The predicted molar refractivity (Wildman–Crippen MR) is 108 cm³/mol. The van der Waals surface area contributed by atoms with Crippen molar-refractivity contribution in [1.29, 1.82) is 0 Å². The van der Waals surface area contributed by atoms with Gasteiger partial charge < -0.3 is 19.9 Å². The monoisotopic (exact) mass is 369 g/mol. The van der Waals surface area contributed by atoms with Gasteiger partial charge in [0, 0.05) is 19.1 Å². The van der Waals surface area contributed by atoms with Crippen molar-refractivity contribution in [3.63, 3.8) is 0 Å². The van der Waals surface area contributed by atoms with E-state index in [9.17, 15) is 5.11 Å². The third kappa shape index (κ3) is 5.80. The molecule has 2 aromatic carbocycles. The molecule has 1 unspecified atom stereocenters. The normalized spacial score (nSPS) is 21.0. The zero-order valence-corrected chi connectivity index (χ0v) is 16.1.